The van der Waals surface area contributed by atoms with Gasteiger partial charge in [0.15, 0.2) is 0 Å². The van der Waals surface area contributed by atoms with Crippen molar-refractivity contribution in [3.05, 3.63) is 12.5 Å². The van der Waals surface area contributed by atoms with Gasteiger partial charge in [-0.05, 0) is 19.4 Å². The molecule has 0 spiro atoms. The second kappa shape index (κ2) is 2.41. The molecule has 0 aromatic heterocycles. The van der Waals surface area contributed by atoms with Crippen LogP contribution in [0.3, 0.4) is 0 Å². The smallest absolute Gasteiger partial charge is 0.306 e. The summed E-state index contributed by atoms with van der Waals surface area (Å²) in [6.45, 7) is 6.22. The third-order valence-electron chi connectivity index (χ3n) is 0.878. The van der Waals surface area contributed by atoms with Gasteiger partial charge in [0.25, 0.3) is 0 Å². The van der Waals surface area contributed by atoms with Gasteiger partial charge >= 0.3 is 5.95 Å². The Bertz CT molecular complexity index is 157. The van der Waals surface area contributed by atoms with E-state index >= 15 is 0 Å². The second-order valence-corrected chi connectivity index (χ2v) is 2.73. The first-order valence-electron chi connectivity index (χ1n) is 2.61. The Morgan fingerprint density at radius 3 is 2.67 bits per heavy atom. The molecule has 1 aliphatic rings. The lowest BCUT2D eigenvalue weighted by atomic mass is 10.8. The molecule has 0 N–H and O–H groups in total. The van der Waals surface area contributed by atoms with Crippen LogP contribution in [0, 0.1) is 0 Å². The molecule has 0 amide bonds. The molecule has 1 unspecified atom stereocenters. The second-order valence-electron chi connectivity index (χ2n) is 1.52. The fourth-order valence-corrected chi connectivity index (χ4v) is 1.31. The van der Waals surface area contributed by atoms with Crippen molar-refractivity contribution in [2.45, 2.75) is 6.92 Å². The van der Waals surface area contributed by atoms with Crippen molar-refractivity contribution in [3.8, 4) is 0 Å². The first-order valence-corrected chi connectivity index (χ1v) is 3.88. The molecule has 9 heavy (non-hydrogen) atoms. The number of hydroxylamine groups is 1. The summed E-state index contributed by atoms with van der Waals surface area (Å²) in [4.78, 5) is 4.99. The van der Waals surface area contributed by atoms with E-state index in [4.69, 9.17) is 9.02 Å². The lowest BCUT2D eigenvalue weighted by Crippen LogP contribution is -2.09. The summed E-state index contributed by atoms with van der Waals surface area (Å²) >= 11 is 0. The maximum Gasteiger partial charge on any atom is 0.306 e. The van der Waals surface area contributed by atoms with Gasteiger partial charge in [0.05, 0.1) is 11.0 Å². The maximum absolute atomic E-state index is 4.99. The largest absolute Gasteiger partial charge is 0.381 e. The van der Waals surface area contributed by atoms with Crippen LogP contribution >= 0.6 is 11.0 Å². The molecule has 1 heterocycles. The monoisotopic (exact) mass is 147 g/mol. The Labute approximate surface area is 57.1 Å². The molecule has 0 aromatic rings. The van der Waals surface area contributed by atoms with Gasteiger partial charge in [0.1, 0.15) is 0 Å². The first-order chi connectivity index (χ1) is 4.24. The molecule has 1 fully saturated rings. The Hall–Kier alpha value is -0.480. The number of hydrogen-bond donors (Lipinski definition) is 0. The molecule has 1 atom stereocenters. The minimum absolute atomic E-state index is 0.343. The topological polar surface area (TPSA) is 21.7 Å². The average molecular weight is 147 g/mol. The predicted molar refractivity (Wildman–Crippen MR) is 38.4 cm³/mol. The maximum atomic E-state index is 4.99. The number of hydrogen-bond acceptors (Lipinski definition) is 3. The number of rotatable bonds is 1. The van der Waals surface area contributed by atoms with E-state index in [0.29, 0.717) is 5.95 Å². The van der Waals surface area contributed by atoms with Gasteiger partial charge in [-0.2, -0.15) is 0 Å². The average Bonchev–Trinajstić information content (AvgIpc) is 2.10. The minimum Gasteiger partial charge on any atom is -0.381 e. The van der Waals surface area contributed by atoms with Crippen LogP contribution in [0.5, 0.6) is 0 Å². The van der Waals surface area contributed by atoms with Crippen molar-refractivity contribution in [2.75, 3.05) is 6.54 Å². The van der Waals surface area contributed by atoms with E-state index in [9.17, 15) is 0 Å². The van der Waals surface area contributed by atoms with Crippen LogP contribution in [0.25, 0.3) is 0 Å². The predicted octanol–water partition coefficient (Wildman–Crippen LogP) is 1.27. The molecule has 3 nitrogen and oxygen atoms in total. The summed E-state index contributed by atoms with van der Waals surface area (Å²) in [7, 11) is -0.479. The standard InChI is InChI=1S/C5H9NO2S/c1-4-6-7-5(2)8-9(6)3/h2-4H2,1H3. The van der Waals surface area contributed by atoms with Crippen LogP contribution in [0.4, 0.5) is 0 Å². The Morgan fingerprint density at radius 1 is 1.78 bits per heavy atom. The minimum atomic E-state index is -0.479. The Morgan fingerprint density at radius 2 is 2.44 bits per heavy atom. The first kappa shape index (κ1) is 6.64. The normalized spacial score (nSPS) is 27.7. The van der Waals surface area contributed by atoms with Crippen LogP contribution in [-0.4, -0.2) is 16.9 Å². The van der Waals surface area contributed by atoms with Crippen LogP contribution < -0.4 is 0 Å². The van der Waals surface area contributed by atoms with E-state index in [-0.39, 0.29) is 0 Å². The third-order valence-corrected chi connectivity index (χ3v) is 2.04. The molecule has 0 aliphatic carbocycles. The zero-order valence-electron chi connectivity index (χ0n) is 5.29. The summed E-state index contributed by atoms with van der Waals surface area (Å²) in [5.74, 6) is 4.03. The van der Waals surface area contributed by atoms with Crippen molar-refractivity contribution in [2.24, 2.45) is 0 Å². The van der Waals surface area contributed by atoms with Gasteiger partial charge in [-0.15, -0.1) is 0 Å². The van der Waals surface area contributed by atoms with Gasteiger partial charge in [0.2, 0.25) is 0 Å². The SMILES string of the molecule is C=C1ON(CC)S(=C)O1. The fourth-order valence-electron chi connectivity index (χ4n) is 0.528. The van der Waals surface area contributed by atoms with Gasteiger partial charge in [-0.25, -0.2) is 0 Å². The molecule has 0 radical (unpaired) electrons. The van der Waals surface area contributed by atoms with Gasteiger partial charge in [0, 0.05) is 6.54 Å². The number of nitrogens with zero attached hydrogens (tertiary/aromatic N) is 1. The van der Waals surface area contributed by atoms with E-state index in [1.165, 1.54) is 0 Å². The molecule has 1 rings (SSSR count). The van der Waals surface area contributed by atoms with Crippen LogP contribution in [0.2, 0.25) is 0 Å². The Kier molecular flexibility index (Phi) is 1.78. The van der Waals surface area contributed by atoms with Gasteiger partial charge in [-0.3, -0.25) is 0 Å². The highest BCUT2D eigenvalue weighted by atomic mass is 32.2. The van der Waals surface area contributed by atoms with Crippen molar-refractivity contribution >= 4 is 16.8 Å². The summed E-state index contributed by atoms with van der Waals surface area (Å²) in [6, 6.07) is 0. The summed E-state index contributed by atoms with van der Waals surface area (Å²) < 4.78 is 6.63. The molecule has 1 aliphatic heterocycles. The molecular weight excluding hydrogens is 138 g/mol. The molecule has 0 bridgehead atoms. The summed E-state index contributed by atoms with van der Waals surface area (Å²) in [5, 5.41) is 0. The van der Waals surface area contributed by atoms with Gasteiger partial charge < -0.3 is 9.02 Å². The highest BCUT2D eigenvalue weighted by Crippen LogP contribution is 2.31. The third kappa shape index (κ3) is 1.25. The van der Waals surface area contributed by atoms with E-state index in [0.717, 1.165) is 6.54 Å². The van der Waals surface area contributed by atoms with Crippen LogP contribution in [-0.2, 0) is 9.02 Å². The van der Waals surface area contributed by atoms with Crippen molar-refractivity contribution in [1.29, 1.82) is 0 Å². The van der Waals surface area contributed by atoms with E-state index < -0.39 is 11.0 Å². The fraction of sp³-hybridized carbons (Fsp3) is 0.400. The van der Waals surface area contributed by atoms with E-state index in [1.807, 2.05) is 6.92 Å². The lowest BCUT2D eigenvalue weighted by molar-refractivity contribution is -0.0257. The zero-order valence-corrected chi connectivity index (χ0v) is 6.11. The van der Waals surface area contributed by atoms with E-state index in [1.54, 1.807) is 4.47 Å². The van der Waals surface area contributed by atoms with Gasteiger partial charge in [-0.1, -0.05) is 4.47 Å². The van der Waals surface area contributed by atoms with Crippen molar-refractivity contribution in [3.63, 3.8) is 0 Å². The summed E-state index contributed by atoms with van der Waals surface area (Å²) in [5.41, 5.74) is 0. The molecular formula is C5H9NO2S. The lowest BCUT2D eigenvalue weighted by Gasteiger charge is -2.05. The molecule has 1 saturated heterocycles. The quantitative estimate of drug-likeness (QED) is 0.521. The molecule has 0 saturated carbocycles. The Balaban J connectivity index is 2.58. The molecule has 52 valence electrons. The summed E-state index contributed by atoms with van der Waals surface area (Å²) in [6.07, 6.45) is 0. The molecule has 0 aromatic carbocycles. The highest BCUT2D eigenvalue weighted by Gasteiger charge is 2.19. The van der Waals surface area contributed by atoms with Crippen molar-refractivity contribution in [1.82, 2.24) is 4.47 Å². The van der Waals surface area contributed by atoms with Crippen LogP contribution in [0.15, 0.2) is 12.5 Å². The molecule has 4 heteroatoms. The van der Waals surface area contributed by atoms with E-state index in [2.05, 4.69) is 12.4 Å². The zero-order chi connectivity index (χ0) is 6.85. The highest BCUT2D eigenvalue weighted by molar-refractivity contribution is 8.07. The van der Waals surface area contributed by atoms with Crippen molar-refractivity contribution < 1.29 is 9.02 Å². The van der Waals surface area contributed by atoms with Crippen LogP contribution in [0.1, 0.15) is 6.92 Å².